The monoisotopic (exact) mass is 207 g/mol. The van der Waals surface area contributed by atoms with Crippen LogP contribution in [0, 0.1) is 5.41 Å². The average Bonchev–Trinajstić information content (AvgIpc) is 2.12. The first-order valence-electron chi connectivity index (χ1n) is 5.44. The van der Waals surface area contributed by atoms with Gasteiger partial charge < -0.3 is 10.8 Å². The van der Waals surface area contributed by atoms with Gasteiger partial charge in [-0.3, -0.25) is 0 Å². The molecule has 2 nitrogen and oxygen atoms in total. The van der Waals surface area contributed by atoms with Gasteiger partial charge in [0.1, 0.15) is 5.75 Å². The van der Waals surface area contributed by atoms with E-state index in [9.17, 15) is 5.11 Å². The third kappa shape index (κ3) is 3.24. The van der Waals surface area contributed by atoms with Crippen LogP contribution in [0.15, 0.2) is 24.3 Å². The van der Waals surface area contributed by atoms with Gasteiger partial charge in [-0.1, -0.05) is 32.9 Å². The van der Waals surface area contributed by atoms with Crippen LogP contribution in [0.5, 0.6) is 5.75 Å². The van der Waals surface area contributed by atoms with E-state index in [1.807, 2.05) is 12.1 Å². The summed E-state index contributed by atoms with van der Waals surface area (Å²) in [7, 11) is 0. The molecule has 3 N–H and O–H groups in total. The van der Waals surface area contributed by atoms with Gasteiger partial charge >= 0.3 is 0 Å². The molecule has 0 aliphatic heterocycles. The van der Waals surface area contributed by atoms with Crippen LogP contribution in [0.2, 0.25) is 0 Å². The van der Waals surface area contributed by atoms with Gasteiger partial charge in [0.05, 0.1) is 0 Å². The van der Waals surface area contributed by atoms with E-state index in [1.165, 1.54) is 5.56 Å². The first kappa shape index (κ1) is 12.1. The minimum Gasteiger partial charge on any atom is -0.508 e. The summed E-state index contributed by atoms with van der Waals surface area (Å²) in [4.78, 5) is 0. The molecule has 1 rings (SSSR count). The van der Waals surface area contributed by atoms with Crippen molar-refractivity contribution >= 4 is 0 Å². The van der Waals surface area contributed by atoms with Crippen molar-refractivity contribution in [2.24, 2.45) is 11.1 Å². The van der Waals surface area contributed by atoms with Gasteiger partial charge in [-0.15, -0.1) is 0 Å². The molecular weight excluding hydrogens is 186 g/mol. The van der Waals surface area contributed by atoms with Gasteiger partial charge in [-0.25, -0.2) is 0 Å². The van der Waals surface area contributed by atoms with Gasteiger partial charge in [0.15, 0.2) is 0 Å². The van der Waals surface area contributed by atoms with E-state index in [1.54, 1.807) is 6.07 Å². The van der Waals surface area contributed by atoms with E-state index in [4.69, 9.17) is 5.73 Å². The zero-order valence-corrected chi connectivity index (χ0v) is 9.83. The van der Waals surface area contributed by atoms with E-state index < -0.39 is 0 Å². The molecule has 1 aromatic carbocycles. The van der Waals surface area contributed by atoms with Crippen molar-refractivity contribution in [3.63, 3.8) is 0 Å². The van der Waals surface area contributed by atoms with E-state index in [0.717, 1.165) is 6.42 Å². The Kier molecular flexibility index (Phi) is 3.75. The smallest absolute Gasteiger partial charge is 0.115 e. The first-order chi connectivity index (χ1) is 6.95. The normalized spacial score (nSPS) is 13.9. The largest absolute Gasteiger partial charge is 0.508 e. The van der Waals surface area contributed by atoms with Crippen LogP contribution in [-0.4, -0.2) is 11.7 Å². The fourth-order valence-corrected chi connectivity index (χ4v) is 2.01. The molecule has 1 aromatic rings. The predicted molar refractivity (Wildman–Crippen MR) is 64.0 cm³/mol. The maximum atomic E-state index is 9.46. The molecule has 0 aliphatic carbocycles. The Bertz CT molecular complexity index is 315. The average molecular weight is 207 g/mol. The Morgan fingerprint density at radius 3 is 2.47 bits per heavy atom. The number of benzene rings is 1. The summed E-state index contributed by atoms with van der Waals surface area (Å²) < 4.78 is 0. The van der Waals surface area contributed by atoms with Crippen LogP contribution in [0.25, 0.3) is 0 Å². The minimum atomic E-state index is 0.174. The molecule has 0 saturated heterocycles. The quantitative estimate of drug-likeness (QED) is 0.800. The van der Waals surface area contributed by atoms with Crippen LogP contribution < -0.4 is 5.73 Å². The topological polar surface area (TPSA) is 46.2 Å². The van der Waals surface area contributed by atoms with Crippen molar-refractivity contribution in [2.45, 2.75) is 33.1 Å². The van der Waals surface area contributed by atoms with Crippen molar-refractivity contribution in [1.82, 2.24) is 0 Å². The lowest BCUT2D eigenvalue weighted by atomic mass is 9.74. The second-order valence-electron chi connectivity index (χ2n) is 5.09. The van der Waals surface area contributed by atoms with Crippen molar-refractivity contribution in [2.75, 3.05) is 6.54 Å². The lowest BCUT2D eigenvalue weighted by Gasteiger charge is -2.31. The molecule has 0 saturated carbocycles. The summed E-state index contributed by atoms with van der Waals surface area (Å²) in [6.07, 6.45) is 0.951. The Balaban J connectivity index is 2.99. The van der Waals surface area contributed by atoms with Gasteiger partial charge in [0, 0.05) is 0 Å². The van der Waals surface area contributed by atoms with Gasteiger partial charge in [-0.05, 0) is 42.0 Å². The Hall–Kier alpha value is -1.02. The molecule has 0 amide bonds. The number of hydrogen-bond donors (Lipinski definition) is 2. The highest BCUT2D eigenvalue weighted by atomic mass is 16.3. The van der Waals surface area contributed by atoms with Gasteiger partial charge in [0.25, 0.3) is 0 Å². The molecule has 0 bridgehead atoms. The lowest BCUT2D eigenvalue weighted by molar-refractivity contribution is 0.307. The van der Waals surface area contributed by atoms with Gasteiger partial charge in [-0.2, -0.15) is 0 Å². The highest BCUT2D eigenvalue weighted by Crippen LogP contribution is 2.38. The summed E-state index contributed by atoms with van der Waals surface area (Å²) in [5.41, 5.74) is 6.99. The Morgan fingerprint density at radius 1 is 1.33 bits per heavy atom. The van der Waals surface area contributed by atoms with E-state index in [2.05, 4.69) is 26.8 Å². The molecule has 0 fully saturated rings. The molecule has 15 heavy (non-hydrogen) atoms. The summed E-state index contributed by atoms with van der Waals surface area (Å²) in [6.45, 7) is 7.30. The SMILES string of the molecule is CC(C)(C)C(CCN)c1cccc(O)c1. The number of rotatable bonds is 3. The van der Waals surface area contributed by atoms with Crippen LogP contribution in [0.4, 0.5) is 0 Å². The maximum absolute atomic E-state index is 9.46. The number of nitrogens with two attached hydrogens (primary N) is 1. The molecule has 0 aliphatic rings. The van der Waals surface area contributed by atoms with Crippen LogP contribution in [0.1, 0.15) is 38.7 Å². The van der Waals surface area contributed by atoms with E-state index >= 15 is 0 Å². The summed E-state index contributed by atoms with van der Waals surface area (Å²) in [5, 5.41) is 9.46. The maximum Gasteiger partial charge on any atom is 0.115 e. The molecule has 1 atom stereocenters. The van der Waals surface area contributed by atoms with Crippen LogP contribution >= 0.6 is 0 Å². The minimum absolute atomic E-state index is 0.174. The highest BCUT2D eigenvalue weighted by Gasteiger charge is 2.25. The molecule has 1 unspecified atom stereocenters. The summed E-state index contributed by atoms with van der Waals surface area (Å²) in [6, 6.07) is 7.49. The third-order valence-electron chi connectivity index (χ3n) is 2.77. The standard InChI is InChI=1S/C13H21NO/c1-13(2,3)12(7-8-14)10-5-4-6-11(15)9-10/h4-6,9,12,15H,7-8,14H2,1-3H3. The van der Waals surface area contributed by atoms with Gasteiger partial charge in [0.2, 0.25) is 0 Å². The second kappa shape index (κ2) is 4.67. The Labute approximate surface area is 92.1 Å². The molecule has 0 radical (unpaired) electrons. The number of phenols is 1. The van der Waals surface area contributed by atoms with E-state index in [-0.39, 0.29) is 5.41 Å². The van der Waals surface area contributed by atoms with Crippen LogP contribution in [-0.2, 0) is 0 Å². The van der Waals surface area contributed by atoms with Crippen molar-refractivity contribution in [3.8, 4) is 5.75 Å². The van der Waals surface area contributed by atoms with Crippen molar-refractivity contribution in [1.29, 1.82) is 0 Å². The fraction of sp³-hybridized carbons (Fsp3) is 0.538. The molecule has 0 heterocycles. The molecule has 84 valence electrons. The molecular formula is C13H21NO. The van der Waals surface area contributed by atoms with E-state index in [0.29, 0.717) is 18.2 Å². The van der Waals surface area contributed by atoms with Crippen LogP contribution in [0.3, 0.4) is 0 Å². The van der Waals surface area contributed by atoms with Crippen molar-refractivity contribution < 1.29 is 5.11 Å². The molecule has 2 heteroatoms. The first-order valence-corrected chi connectivity index (χ1v) is 5.44. The lowest BCUT2D eigenvalue weighted by Crippen LogP contribution is -2.21. The number of aromatic hydroxyl groups is 1. The molecule has 0 spiro atoms. The fourth-order valence-electron chi connectivity index (χ4n) is 2.01. The summed E-state index contributed by atoms with van der Waals surface area (Å²) >= 11 is 0. The Morgan fingerprint density at radius 2 is 2.00 bits per heavy atom. The third-order valence-corrected chi connectivity index (χ3v) is 2.77. The highest BCUT2D eigenvalue weighted by molar-refractivity contribution is 5.30. The second-order valence-corrected chi connectivity index (χ2v) is 5.09. The predicted octanol–water partition coefficient (Wildman–Crippen LogP) is 2.87. The zero-order chi connectivity index (χ0) is 11.5. The molecule has 0 aromatic heterocycles. The summed E-state index contributed by atoms with van der Waals surface area (Å²) in [5.74, 6) is 0.730. The zero-order valence-electron chi connectivity index (χ0n) is 9.83. The number of hydrogen-bond acceptors (Lipinski definition) is 2. The number of phenolic OH excluding ortho intramolecular Hbond substituents is 1. The van der Waals surface area contributed by atoms with Crippen molar-refractivity contribution in [3.05, 3.63) is 29.8 Å².